The minimum absolute atomic E-state index is 0.352. The molecule has 6 heteroatoms. The first-order valence-corrected chi connectivity index (χ1v) is 6.61. The molecular weight excluding hydrogens is 292 g/mol. The maximum atomic E-state index is 6.05. The Balaban J connectivity index is 2.41. The lowest BCUT2D eigenvalue weighted by molar-refractivity contribution is 0.310. The van der Waals surface area contributed by atoms with Crippen molar-refractivity contribution in [3.05, 3.63) is 46.8 Å². The molecule has 2 aromatic rings. The van der Waals surface area contributed by atoms with Crippen molar-refractivity contribution in [2.45, 2.75) is 6.92 Å². The fraction of sp³-hybridized carbons (Fsp3) is 0.200. The Bertz CT molecular complexity index is 677. The van der Waals surface area contributed by atoms with Crippen LogP contribution in [0.2, 0.25) is 5.15 Å². The first-order chi connectivity index (χ1) is 10.2. The number of methoxy groups -OCH3 is 2. The third-order valence-electron chi connectivity index (χ3n) is 2.64. The van der Waals surface area contributed by atoms with Gasteiger partial charge in [0.15, 0.2) is 5.76 Å². The number of rotatable bonds is 5. The van der Waals surface area contributed by atoms with Crippen LogP contribution in [0.5, 0.6) is 5.88 Å². The summed E-state index contributed by atoms with van der Waals surface area (Å²) < 4.78 is 15.4. The van der Waals surface area contributed by atoms with Crippen molar-refractivity contribution in [3.8, 4) is 17.3 Å². The Morgan fingerprint density at radius 3 is 2.71 bits per heavy atom. The van der Waals surface area contributed by atoms with Crippen molar-refractivity contribution in [1.29, 1.82) is 0 Å². The van der Waals surface area contributed by atoms with E-state index in [1.807, 2.05) is 31.2 Å². The lowest BCUT2D eigenvalue weighted by Gasteiger charge is -2.03. The normalized spacial score (nSPS) is 11.9. The molecule has 2 rings (SSSR count). The summed E-state index contributed by atoms with van der Waals surface area (Å²) in [5.41, 5.74) is 1.41. The average Bonchev–Trinajstić information content (AvgIpc) is 2.95. The van der Waals surface area contributed by atoms with Crippen LogP contribution in [-0.4, -0.2) is 24.4 Å². The SMILES string of the molecule is C/C=C\C(=C/c1cc(Cl)nc(-c2cc(OC)no2)c1)OC. The van der Waals surface area contributed by atoms with E-state index >= 15 is 0 Å². The van der Waals surface area contributed by atoms with Gasteiger partial charge in [-0.25, -0.2) is 4.98 Å². The number of nitrogens with zero attached hydrogens (tertiary/aromatic N) is 2. The molecule has 0 spiro atoms. The van der Waals surface area contributed by atoms with Gasteiger partial charge in [-0.15, -0.1) is 0 Å². The standard InChI is InChI=1S/C15H15ClN2O3/c1-4-5-11(19-2)6-10-7-12(17-14(16)8-10)13-9-15(20-3)18-21-13/h4-9H,1-3H3/b5-4-,11-6+. The van der Waals surface area contributed by atoms with Gasteiger partial charge in [0.2, 0.25) is 0 Å². The second-order valence-corrected chi connectivity index (χ2v) is 4.48. The fourth-order valence-electron chi connectivity index (χ4n) is 1.71. The van der Waals surface area contributed by atoms with Gasteiger partial charge >= 0.3 is 0 Å². The van der Waals surface area contributed by atoms with Gasteiger partial charge in [-0.3, -0.25) is 0 Å². The van der Waals surface area contributed by atoms with Gasteiger partial charge in [0.05, 0.1) is 20.3 Å². The zero-order valence-electron chi connectivity index (χ0n) is 12.0. The molecule has 0 unspecified atom stereocenters. The molecule has 0 bridgehead atoms. The summed E-state index contributed by atoms with van der Waals surface area (Å²) in [6, 6.07) is 5.21. The summed E-state index contributed by atoms with van der Waals surface area (Å²) in [4.78, 5) is 4.22. The molecule has 5 nitrogen and oxygen atoms in total. The maximum absolute atomic E-state index is 6.05. The van der Waals surface area contributed by atoms with Crippen LogP contribution < -0.4 is 4.74 Å². The molecule has 0 aromatic carbocycles. The predicted octanol–water partition coefficient (Wildman–Crippen LogP) is 3.96. The molecule has 0 aliphatic rings. The van der Waals surface area contributed by atoms with E-state index in [4.69, 9.17) is 25.6 Å². The Hall–Kier alpha value is -2.27. The molecule has 0 saturated carbocycles. The molecule has 0 aliphatic carbocycles. The minimum Gasteiger partial charge on any atom is -0.497 e. The van der Waals surface area contributed by atoms with Gasteiger partial charge in [-0.1, -0.05) is 17.7 Å². The van der Waals surface area contributed by atoms with Gasteiger partial charge in [-0.05, 0) is 41.9 Å². The van der Waals surface area contributed by atoms with E-state index in [2.05, 4.69) is 10.1 Å². The monoisotopic (exact) mass is 306 g/mol. The van der Waals surface area contributed by atoms with Crippen molar-refractivity contribution in [3.63, 3.8) is 0 Å². The lowest BCUT2D eigenvalue weighted by Crippen LogP contribution is -1.87. The maximum Gasteiger partial charge on any atom is 0.254 e. The Kier molecular flexibility index (Phi) is 5.00. The molecule has 2 heterocycles. The van der Waals surface area contributed by atoms with Crippen molar-refractivity contribution in [1.82, 2.24) is 10.1 Å². The van der Waals surface area contributed by atoms with Gasteiger partial charge in [0.1, 0.15) is 16.6 Å². The second kappa shape index (κ2) is 6.95. The van der Waals surface area contributed by atoms with Crippen molar-refractivity contribution in [2.24, 2.45) is 0 Å². The highest BCUT2D eigenvalue weighted by Crippen LogP contribution is 2.25. The summed E-state index contributed by atoms with van der Waals surface area (Å²) in [7, 11) is 3.13. The minimum atomic E-state index is 0.352. The summed E-state index contributed by atoms with van der Waals surface area (Å²) in [5, 5.41) is 4.10. The summed E-state index contributed by atoms with van der Waals surface area (Å²) in [5.74, 6) is 1.57. The van der Waals surface area contributed by atoms with Crippen LogP contribution in [0, 0.1) is 0 Å². The smallest absolute Gasteiger partial charge is 0.254 e. The van der Waals surface area contributed by atoms with Crippen LogP contribution in [-0.2, 0) is 4.74 Å². The van der Waals surface area contributed by atoms with Crippen LogP contribution >= 0.6 is 11.6 Å². The van der Waals surface area contributed by atoms with E-state index in [0.717, 1.165) is 5.56 Å². The number of allylic oxidation sites excluding steroid dienone is 2. The number of halogens is 1. The zero-order chi connectivity index (χ0) is 15.2. The van der Waals surface area contributed by atoms with Crippen LogP contribution in [0.3, 0.4) is 0 Å². The number of aromatic nitrogens is 2. The fourth-order valence-corrected chi connectivity index (χ4v) is 1.92. The summed E-state index contributed by atoms with van der Waals surface area (Å²) in [6.45, 7) is 1.92. The topological polar surface area (TPSA) is 57.4 Å². The summed E-state index contributed by atoms with van der Waals surface area (Å²) in [6.07, 6.45) is 5.59. The average molecular weight is 307 g/mol. The van der Waals surface area contributed by atoms with E-state index in [-0.39, 0.29) is 0 Å². The number of pyridine rings is 1. The van der Waals surface area contributed by atoms with Crippen molar-refractivity contribution >= 4 is 17.7 Å². The quantitative estimate of drug-likeness (QED) is 0.475. The van der Waals surface area contributed by atoms with Crippen LogP contribution in [0.4, 0.5) is 0 Å². The molecule has 2 aromatic heterocycles. The number of ether oxygens (including phenoxy) is 2. The first-order valence-electron chi connectivity index (χ1n) is 6.23. The van der Waals surface area contributed by atoms with E-state index < -0.39 is 0 Å². The van der Waals surface area contributed by atoms with Crippen LogP contribution in [0.1, 0.15) is 12.5 Å². The molecule has 21 heavy (non-hydrogen) atoms. The molecule has 0 atom stereocenters. The Labute approximate surface area is 127 Å². The third-order valence-corrected chi connectivity index (χ3v) is 2.84. The highest BCUT2D eigenvalue weighted by Gasteiger charge is 2.10. The molecule has 0 amide bonds. The number of hydrogen-bond acceptors (Lipinski definition) is 5. The molecule has 0 fully saturated rings. The van der Waals surface area contributed by atoms with Crippen molar-refractivity contribution < 1.29 is 14.0 Å². The van der Waals surface area contributed by atoms with Crippen molar-refractivity contribution in [2.75, 3.05) is 14.2 Å². The van der Waals surface area contributed by atoms with E-state index in [0.29, 0.717) is 28.2 Å². The molecule has 0 aliphatic heterocycles. The van der Waals surface area contributed by atoms with E-state index in [1.54, 1.807) is 19.2 Å². The van der Waals surface area contributed by atoms with Gasteiger partial charge in [0, 0.05) is 0 Å². The molecule has 0 radical (unpaired) electrons. The molecular formula is C15H15ClN2O3. The predicted molar refractivity (Wildman–Crippen MR) is 81.1 cm³/mol. The third kappa shape index (κ3) is 3.86. The van der Waals surface area contributed by atoms with Gasteiger partial charge in [0.25, 0.3) is 5.88 Å². The highest BCUT2D eigenvalue weighted by atomic mass is 35.5. The molecule has 110 valence electrons. The summed E-state index contributed by atoms with van der Waals surface area (Å²) >= 11 is 6.05. The highest BCUT2D eigenvalue weighted by molar-refractivity contribution is 6.29. The van der Waals surface area contributed by atoms with Crippen LogP contribution in [0.25, 0.3) is 17.5 Å². The van der Waals surface area contributed by atoms with E-state index in [1.165, 1.54) is 7.11 Å². The van der Waals surface area contributed by atoms with Gasteiger partial charge < -0.3 is 14.0 Å². The largest absolute Gasteiger partial charge is 0.497 e. The molecule has 0 saturated heterocycles. The zero-order valence-corrected chi connectivity index (χ0v) is 12.7. The van der Waals surface area contributed by atoms with Crippen LogP contribution in [0.15, 0.2) is 40.6 Å². The Morgan fingerprint density at radius 1 is 1.29 bits per heavy atom. The van der Waals surface area contributed by atoms with Gasteiger partial charge in [-0.2, -0.15) is 0 Å². The lowest BCUT2D eigenvalue weighted by atomic mass is 10.2. The second-order valence-electron chi connectivity index (χ2n) is 4.09. The first kappa shape index (κ1) is 15.1. The Morgan fingerprint density at radius 2 is 2.10 bits per heavy atom. The molecule has 0 N–H and O–H groups in total. The van der Waals surface area contributed by atoms with E-state index in [9.17, 15) is 0 Å². The number of hydrogen-bond donors (Lipinski definition) is 0.